The highest BCUT2D eigenvalue weighted by Gasteiger charge is 2.45. The third kappa shape index (κ3) is 5.75. The molecule has 0 fully saturated rings. The van der Waals surface area contributed by atoms with Gasteiger partial charge in [-0.3, -0.25) is 14.6 Å². The van der Waals surface area contributed by atoms with Gasteiger partial charge in [0.15, 0.2) is 28.8 Å². The number of carbonyl (C=O) groups is 2. The zero-order chi connectivity index (χ0) is 29.0. The summed E-state index contributed by atoms with van der Waals surface area (Å²) in [5.41, 5.74) is 3.57. The number of Topliss-reactive ketones (excluding diaryl/α,β-unsaturated/α-hetero) is 1. The van der Waals surface area contributed by atoms with E-state index in [1.54, 1.807) is 34.5 Å². The molecule has 8 nitrogen and oxygen atoms in total. The quantitative estimate of drug-likeness (QED) is 0.226. The molecular weight excluding hydrogens is 578 g/mol. The Morgan fingerprint density at radius 3 is 2.25 bits per heavy atom. The van der Waals surface area contributed by atoms with E-state index in [9.17, 15) is 9.59 Å². The minimum Gasteiger partial charge on any atom is -0.493 e. The zero-order valence-corrected chi connectivity index (χ0v) is 25.4. The Bertz CT molecular complexity index is 1350. The average molecular weight is 615 g/mol. The number of nitrogens with zero attached hydrogens (tertiary/aromatic N) is 1. The molecule has 1 aliphatic heterocycles. The van der Waals surface area contributed by atoms with Gasteiger partial charge in [-0.1, -0.05) is 35.3 Å². The van der Waals surface area contributed by atoms with Crippen molar-refractivity contribution in [3.8, 4) is 23.0 Å². The summed E-state index contributed by atoms with van der Waals surface area (Å²) < 4.78 is 28.3. The number of carbonyl (C=O) groups excluding carboxylic acids is 2. The second-order valence-electron chi connectivity index (χ2n) is 9.96. The molecule has 2 aromatic carbocycles. The summed E-state index contributed by atoms with van der Waals surface area (Å²) in [6, 6.07) is 9.36. The van der Waals surface area contributed by atoms with Gasteiger partial charge in [-0.15, -0.1) is 0 Å². The Hall–Kier alpha value is -3.33. The first-order chi connectivity index (χ1) is 19.3. The predicted molar refractivity (Wildman–Crippen MR) is 156 cm³/mol. The third-order valence-electron chi connectivity index (χ3n) is 7.60. The van der Waals surface area contributed by atoms with Crippen molar-refractivity contribution in [2.24, 2.45) is 10.9 Å². The Kier molecular flexibility index (Phi) is 9.56. The predicted octanol–water partition coefficient (Wildman–Crippen LogP) is 6.40. The van der Waals surface area contributed by atoms with Crippen molar-refractivity contribution in [2.45, 2.75) is 51.4 Å². The van der Waals surface area contributed by atoms with Crippen LogP contribution in [0.5, 0.6) is 23.0 Å². The number of hydrogen-bond acceptors (Lipinski definition) is 8. The van der Waals surface area contributed by atoms with Gasteiger partial charge in [0.05, 0.1) is 35.0 Å². The lowest BCUT2D eigenvalue weighted by molar-refractivity contribution is -0.146. The fourth-order valence-electron chi connectivity index (χ4n) is 5.56. The highest BCUT2D eigenvalue weighted by Crippen LogP contribution is 2.50. The van der Waals surface area contributed by atoms with Crippen LogP contribution in [0.15, 0.2) is 51.1 Å². The van der Waals surface area contributed by atoms with Crippen LogP contribution in [0.2, 0.25) is 0 Å². The van der Waals surface area contributed by atoms with Gasteiger partial charge >= 0.3 is 5.97 Å². The molecule has 214 valence electrons. The summed E-state index contributed by atoms with van der Waals surface area (Å²) in [5, 5.41) is 0. The molecule has 0 N–H and O–H groups in total. The van der Waals surface area contributed by atoms with E-state index < -0.39 is 11.8 Å². The van der Waals surface area contributed by atoms with E-state index in [0.29, 0.717) is 57.5 Å². The van der Waals surface area contributed by atoms with Crippen LogP contribution in [0.4, 0.5) is 0 Å². The van der Waals surface area contributed by atoms with Gasteiger partial charge in [0.25, 0.3) is 0 Å². The molecule has 2 aromatic rings. The summed E-state index contributed by atoms with van der Waals surface area (Å²) in [7, 11) is 6.31. The Morgan fingerprint density at radius 2 is 1.60 bits per heavy atom. The van der Waals surface area contributed by atoms with Crippen LogP contribution in [-0.2, 0) is 14.3 Å². The molecule has 0 saturated heterocycles. The average Bonchev–Trinajstić information content (AvgIpc) is 2.95. The van der Waals surface area contributed by atoms with E-state index in [4.69, 9.17) is 28.7 Å². The van der Waals surface area contributed by atoms with Gasteiger partial charge < -0.3 is 23.7 Å². The second kappa shape index (κ2) is 12.9. The maximum Gasteiger partial charge on any atom is 0.315 e. The van der Waals surface area contributed by atoms with Crippen LogP contribution in [0.25, 0.3) is 0 Å². The molecule has 0 aromatic heterocycles. The monoisotopic (exact) mass is 613 g/mol. The maximum atomic E-state index is 14.0. The van der Waals surface area contributed by atoms with Gasteiger partial charge in [-0.05, 0) is 61.1 Å². The highest BCUT2D eigenvalue weighted by molar-refractivity contribution is 9.10. The Balaban J connectivity index is 1.82. The van der Waals surface area contributed by atoms with Crippen LogP contribution in [0, 0.1) is 5.92 Å². The van der Waals surface area contributed by atoms with Crippen molar-refractivity contribution < 1.29 is 33.3 Å². The van der Waals surface area contributed by atoms with E-state index in [0.717, 1.165) is 24.0 Å². The van der Waals surface area contributed by atoms with E-state index >= 15 is 0 Å². The number of allylic oxidation sites excluding steroid dienone is 2. The Labute approximate surface area is 243 Å². The number of ether oxygens (including phenoxy) is 5. The number of benzene rings is 2. The molecule has 1 heterocycles. The highest BCUT2D eigenvalue weighted by atomic mass is 79.9. The minimum atomic E-state index is -0.744. The van der Waals surface area contributed by atoms with Crippen LogP contribution >= 0.6 is 15.9 Å². The number of hydrogen-bond donors (Lipinski definition) is 0. The SMILES string of the molecule is CCCCOC(=O)C1C(C)=NC2=C(C(=O)C[C@@H](c3ccc(OC)c(OC)c3)C2)[C@@H]1c1cc(OC)c(OC)cc1Br. The normalized spacial score (nSPS) is 20.4. The first-order valence-corrected chi connectivity index (χ1v) is 14.2. The first-order valence-electron chi connectivity index (χ1n) is 13.4. The summed E-state index contributed by atoms with van der Waals surface area (Å²) in [4.78, 5) is 32.4. The maximum absolute atomic E-state index is 14.0. The molecule has 1 unspecified atom stereocenters. The van der Waals surface area contributed by atoms with Crippen molar-refractivity contribution >= 4 is 33.4 Å². The van der Waals surface area contributed by atoms with E-state index in [1.807, 2.05) is 38.1 Å². The minimum absolute atomic E-state index is 0.0460. The van der Waals surface area contributed by atoms with Crippen LogP contribution in [-0.4, -0.2) is 52.5 Å². The molecule has 0 spiro atoms. The van der Waals surface area contributed by atoms with Crippen molar-refractivity contribution in [3.05, 3.63) is 57.2 Å². The summed E-state index contributed by atoms with van der Waals surface area (Å²) in [6.07, 6.45) is 2.50. The molecule has 0 radical (unpaired) electrons. The van der Waals surface area contributed by atoms with Crippen LogP contribution in [0.3, 0.4) is 0 Å². The van der Waals surface area contributed by atoms with Gasteiger partial charge in [-0.25, -0.2) is 0 Å². The molecule has 40 heavy (non-hydrogen) atoms. The van der Waals surface area contributed by atoms with Gasteiger partial charge in [0.2, 0.25) is 0 Å². The van der Waals surface area contributed by atoms with Gasteiger partial charge in [0, 0.05) is 33.8 Å². The zero-order valence-electron chi connectivity index (χ0n) is 23.8. The van der Waals surface area contributed by atoms with Crippen molar-refractivity contribution in [1.82, 2.24) is 0 Å². The fourth-order valence-corrected chi connectivity index (χ4v) is 6.13. The number of halogens is 1. The summed E-state index contributed by atoms with van der Waals surface area (Å²) in [6.45, 7) is 4.19. The lowest BCUT2D eigenvalue weighted by Gasteiger charge is -2.37. The lowest BCUT2D eigenvalue weighted by Crippen LogP contribution is -2.38. The van der Waals surface area contributed by atoms with Gasteiger partial charge in [-0.2, -0.15) is 0 Å². The molecule has 0 saturated carbocycles. The summed E-state index contributed by atoms with van der Waals surface area (Å²) in [5.74, 6) is 0.427. The van der Waals surface area contributed by atoms with Crippen molar-refractivity contribution in [2.75, 3.05) is 35.0 Å². The lowest BCUT2D eigenvalue weighted by atomic mass is 9.69. The van der Waals surface area contributed by atoms with Gasteiger partial charge in [0.1, 0.15) is 5.92 Å². The fraction of sp³-hybridized carbons (Fsp3) is 0.452. The summed E-state index contributed by atoms with van der Waals surface area (Å²) >= 11 is 3.67. The Morgan fingerprint density at radius 1 is 0.950 bits per heavy atom. The molecule has 2 aliphatic rings. The van der Waals surface area contributed by atoms with E-state index in [2.05, 4.69) is 15.9 Å². The molecule has 1 aliphatic carbocycles. The molecular formula is C31H36BrNO7. The van der Waals surface area contributed by atoms with Crippen molar-refractivity contribution in [3.63, 3.8) is 0 Å². The van der Waals surface area contributed by atoms with Crippen LogP contribution in [0.1, 0.15) is 62.5 Å². The number of ketones is 1. The van der Waals surface area contributed by atoms with Crippen LogP contribution < -0.4 is 18.9 Å². The largest absolute Gasteiger partial charge is 0.493 e. The second-order valence-corrected chi connectivity index (χ2v) is 10.8. The van der Waals surface area contributed by atoms with E-state index in [1.165, 1.54) is 0 Å². The molecule has 0 amide bonds. The third-order valence-corrected chi connectivity index (χ3v) is 8.29. The molecule has 9 heteroatoms. The smallest absolute Gasteiger partial charge is 0.315 e. The number of aliphatic imine (C=N–C) groups is 1. The molecule has 4 rings (SSSR count). The number of methoxy groups -OCH3 is 4. The number of unbranched alkanes of at least 4 members (excludes halogenated alkanes) is 1. The number of rotatable bonds is 10. The number of esters is 1. The standard InChI is InChI=1S/C31H36BrNO7/c1-7-8-11-40-31(35)28-17(2)33-22-12-19(18-9-10-24(36-3)25(14-18)37-4)13-23(34)30(22)29(28)20-15-26(38-5)27(39-6)16-21(20)32/h9-10,14-16,19,28-29H,7-8,11-13H2,1-6H3/t19-,28?,29+/m0/s1. The van der Waals surface area contributed by atoms with Crippen molar-refractivity contribution in [1.29, 1.82) is 0 Å². The topological polar surface area (TPSA) is 92.7 Å². The van der Waals surface area contributed by atoms with E-state index in [-0.39, 0.29) is 24.1 Å². The molecule has 3 atom stereocenters. The first kappa shape index (κ1) is 29.6. The molecule has 0 bridgehead atoms.